The van der Waals surface area contributed by atoms with Gasteiger partial charge in [0.05, 0.1) is 26.4 Å². The summed E-state index contributed by atoms with van der Waals surface area (Å²) in [4.78, 5) is 41.9. The molecule has 2 fully saturated rings. The van der Waals surface area contributed by atoms with Crippen molar-refractivity contribution in [2.24, 2.45) is 0 Å². The molecule has 2 heterocycles. The quantitative estimate of drug-likeness (QED) is 0.0563. The maximum atomic E-state index is 12.4. The molecule has 0 saturated carbocycles. The summed E-state index contributed by atoms with van der Waals surface area (Å²) in [5, 5.41) is 90.0. The van der Waals surface area contributed by atoms with E-state index in [-0.39, 0.29) is 6.54 Å². The van der Waals surface area contributed by atoms with Crippen LogP contribution in [0.4, 0.5) is 0 Å². The van der Waals surface area contributed by atoms with Crippen LogP contribution in [0.25, 0.3) is 0 Å². The number of carboxylic acid groups (broad SMARTS) is 1. The summed E-state index contributed by atoms with van der Waals surface area (Å²) in [7, 11) is 2.56. The van der Waals surface area contributed by atoms with Gasteiger partial charge >= 0.3 is 5.97 Å². The number of carboxylic acids is 1. The summed E-state index contributed by atoms with van der Waals surface area (Å²) < 4.78 is 28.0. The number of nitrogens with one attached hydrogen (secondary N) is 2. The van der Waals surface area contributed by atoms with Gasteiger partial charge in [0.15, 0.2) is 18.7 Å². The van der Waals surface area contributed by atoms with Gasteiger partial charge in [-0.25, -0.2) is 4.79 Å². The van der Waals surface area contributed by atoms with Crippen molar-refractivity contribution in [1.29, 1.82) is 0 Å². The first-order valence-corrected chi connectivity index (χ1v) is 15.5. The summed E-state index contributed by atoms with van der Waals surface area (Å²) in [6.07, 6.45) is -20.0. The number of carbonyl (C=O) groups is 3. The van der Waals surface area contributed by atoms with E-state index in [1.165, 1.54) is 19.3 Å². The molecule has 6 unspecified atom stereocenters. The summed E-state index contributed by atoms with van der Waals surface area (Å²) >= 11 is 0. The van der Waals surface area contributed by atoms with Crippen LogP contribution < -0.4 is 10.6 Å². The lowest BCUT2D eigenvalue weighted by atomic mass is 9.95. The molecule has 0 aliphatic carbocycles. The van der Waals surface area contributed by atoms with E-state index in [2.05, 4.69) is 10.6 Å². The normalized spacial score (nSPS) is 33.4. The Kier molecular flexibility index (Phi) is 17.4. The lowest BCUT2D eigenvalue weighted by Gasteiger charge is -2.48. The average molecular weight is 702 g/mol. The Morgan fingerprint density at radius 2 is 1.60 bits per heavy atom. The maximum absolute atomic E-state index is 12.4. The van der Waals surface area contributed by atoms with E-state index in [1.54, 1.807) is 0 Å². The fraction of sp³-hybridized carbons (Fsp3) is 0.893. The molecule has 14 atom stereocenters. The Morgan fingerprint density at radius 1 is 0.938 bits per heavy atom. The zero-order chi connectivity index (χ0) is 36.3. The minimum absolute atomic E-state index is 0.155. The van der Waals surface area contributed by atoms with E-state index in [4.69, 9.17) is 28.5 Å². The first-order valence-electron chi connectivity index (χ1n) is 15.5. The molecule has 2 aliphatic rings. The van der Waals surface area contributed by atoms with Gasteiger partial charge in [0, 0.05) is 34.0 Å². The van der Waals surface area contributed by atoms with E-state index in [0.29, 0.717) is 13.0 Å². The van der Waals surface area contributed by atoms with Crippen LogP contribution in [0.5, 0.6) is 0 Å². The maximum Gasteiger partial charge on any atom is 0.335 e. The number of carbonyl (C=O) groups excluding carboxylic acids is 2. The molecule has 0 bridgehead atoms. The molecule has 0 radical (unpaired) electrons. The number of aliphatic hydroxyl groups is 7. The number of hydroxylamine groups is 2. The van der Waals surface area contributed by atoms with Crippen LogP contribution in [0.2, 0.25) is 0 Å². The Bertz CT molecular complexity index is 1010. The second-order valence-electron chi connectivity index (χ2n) is 11.6. The van der Waals surface area contributed by atoms with Crippen molar-refractivity contribution in [2.75, 3.05) is 40.5 Å². The van der Waals surface area contributed by atoms with Gasteiger partial charge in [-0.3, -0.25) is 9.59 Å². The zero-order valence-electron chi connectivity index (χ0n) is 27.5. The fourth-order valence-electron chi connectivity index (χ4n) is 5.51. The standard InChI is InChI=1S/C28H51N3O17/c1-6-7-8-31(44-5)9-14(29-12(2)34)22(18(37)15(36)10-32)46-28-21(40)20(39)24(25(48-28)26(41)42)47-27-17(30-13(3)35)23(43-4)19(38)16(11-33)45-27/h14-25,27-28,32-33,36-40H,6-11H2,1-5H3,(H,29,34)(H,30,35)(H,41,42)/t14?,15?,16?,17?,18-,19-,20-,21?,22-,23-,24+,25?,27+,28-/m1/s1. The molecule has 280 valence electrons. The average Bonchev–Trinajstić information content (AvgIpc) is 3.04. The number of hydrogen-bond donors (Lipinski definition) is 10. The molecule has 0 spiro atoms. The molecule has 48 heavy (non-hydrogen) atoms. The highest BCUT2D eigenvalue weighted by molar-refractivity contribution is 5.74. The molecular formula is C28H51N3O17. The summed E-state index contributed by atoms with van der Waals surface area (Å²) in [6, 6.07) is -2.52. The summed E-state index contributed by atoms with van der Waals surface area (Å²) in [5.41, 5.74) is 0. The van der Waals surface area contributed by atoms with Crippen molar-refractivity contribution in [3.63, 3.8) is 0 Å². The van der Waals surface area contributed by atoms with Crippen molar-refractivity contribution in [1.82, 2.24) is 15.7 Å². The van der Waals surface area contributed by atoms with Crippen molar-refractivity contribution >= 4 is 17.8 Å². The Labute approximate surface area is 277 Å². The van der Waals surface area contributed by atoms with Crippen LogP contribution in [0.3, 0.4) is 0 Å². The van der Waals surface area contributed by atoms with Crippen LogP contribution in [-0.4, -0.2) is 190 Å². The number of hydrogen-bond acceptors (Lipinski definition) is 17. The first-order chi connectivity index (χ1) is 22.6. The number of aliphatic hydroxyl groups excluding tert-OH is 7. The van der Waals surface area contributed by atoms with Gasteiger partial charge in [-0.1, -0.05) is 13.3 Å². The van der Waals surface area contributed by atoms with Crippen LogP contribution in [0, 0.1) is 0 Å². The van der Waals surface area contributed by atoms with Crippen LogP contribution in [0.15, 0.2) is 0 Å². The SMILES string of the molecule is CCCCN(CC(NC(C)=O)[C@@H](O[C@@H]1OC(C(=O)O)[C@@H](O[C@@H]2OC(CO)[C@@H](O)[C@H](OC)C2NC(C)=O)[C@H](O)C1O)[C@H](O)C(O)CO)OC. The molecule has 2 aliphatic heterocycles. The number of rotatable bonds is 19. The molecule has 20 heteroatoms. The number of aliphatic carboxylic acids is 1. The van der Waals surface area contributed by atoms with Gasteiger partial charge in [-0.05, 0) is 6.42 Å². The molecule has 0 aromatic heterocycles. The van der Waals surface area contributed by atoms with Crippen molar-refractivity contribution < 1.29 is 83.8 Å². The van der Waals surface area contributed by atoms with Crippen molar-refractivity contribution in [3.05, 3.63) is 0 Å². The number of unbranched alkanes of at least 4 members (excludes halogenated alkanes) is 1. The second-order valence-corrected chi connectivity index (χ2v) is 11.6. The molecule has 10 N–H and O–H groups in total. The monoisotopic (exact) mass is 701 g/mol. The van der Waals surface area contributed by atoms with Gasteiger partial charge in [0.1, 0.15) is 61.0 Å². The zero-order valence-corrected chi connectivity index (χ0v) is 27.5. The molecule has 2 saturated heterocycles. The predicted octanol–water partition coefficient (Wildman–Crippen LogP) is -5.23. The third kappa shape index (κ3) is 10.9. The predicted molar refractivity (Wildman–Crippen MR) is 158 cm³/mol. The highest BCUT2D eigenvalue weighted by Gasteiger charge is 2.54. The van der Waals surface area contributed by atoms with Gasteiger partial charge in [0.2, 0.25) is 11.8 Å². The molecule has 2 amide bonds. The van der Waals surface area contributed by atoms with E-state index in [0.717, 1.165) is 20.3 Å². The smallest absolute Gasteiger partial charge is 0.335 e. The first kappa shape index (κ1) is 42.0. The van der Waals surface area contributed by atoms with Crippen LogP contribution >= 0.6 is 0 Å². The van der Waals surface area contributed by atoms with E-state index in [1.807, 2.05) is 6.92 Å². The number of methoxy groups -OCH3 is 1. The molecular weight excluding hydrogens is 650 g/mol. The summed E-state index contributed by atoms with van der Waals surface area (Å²) in [6.45, 7) is 2.76. The molecule has 0 aromatic rings. The van der Waals surface area contributed by atoms with Gasteiger partial charge in [-0.15, -0.1) is 0 Å². The summed E-state index contributed by atoms with van der Waals surface area (Å²) in [5.74, 6) is -2.94. The third-order valence-corrected chi connectivity index (χ3v) is 7.99. The van der Waals surface area contributed by atoms with Crippen LogP contribution in [-0.2, 0) is 42.9 Å². The topological polar surface area (TPSA) is 296 Å². The Morgan fingerprint density at radius 3 is 2.10 bits per heavy atom. The van der Waals surface area contributed by atoms with E-state index < -0.39 is 117 Å². The largest absolute Gasteiger partial charge is 0.479 e. The Balaban J connectivity index is 2.45. The van der Waals surface area contributed by atoms with E-state index in [9.17, 15) is 55.2 Å². The van der Waals surface area contributed by atoms with Crippen molar-refractivity contribution in [2.45, 2.75) is 119 Å². The number of ether oxygens (including phenoxy) is 5. The minimum atomic E-state index is -2.12. The Hall–Kier alpha value is -2.15. The number of amides is 2. The number of nitrogens with zero attached hydrogens (tertiary/aromatic N) is 1. The van der Waals surface area contributed by atoms with Gasteiger partial charge in [-0.2, -0.15) is 5.06 Å². The molecule has 0 aromatic carbocycles. The van der Waals surface area contributed by atoms with Gasteiger partial charge < -0.3 is 80.0 Å². The minimum Gasteiger partial charge on any atom is -0.479 e. The highest BCUT2D eigenvalue weighted by Crippen LogP contribution is 2.32. The van der Waals surface area contributed by atoms with Crippen LogP contribution in [0.1, 0.15) is 33.6 Å². The third-order valence-electron chi connectivity index (χ3n) is 7.99. The molecule has 20 nitrogen and oxygen atoms in total. The fourth-order valence-corrected chi connectivity index (χ4v) is 5.51. The second kappa shape index (κ2) is 19.9. The lowest BCUT2D eigenvalue weighted by molar-refractivity contribution is -0.351. The van der Waals surface area contributed by atoms with Gasteiger partial charge in [0.25, 0.3) is 0 Å². The highest BCUT2D eigenvalue weighted by atomic mass is 16.7. The van der Waals surface area contributed by atoms with Crippen molar-refractivity contribution in [3.8, 4) is 0 Å². The lowest BCUT2D eigenvalue weighted by Crippen LogP contribution is -2.69. The molecule has 2 rings (SSSR count). The van der Waals surface area contributed by atoms with E-state index >= 15 is 0 Å².